The van der Waals surface area contributed by atoms with Gasteiger partial charge in [-0.15, -0.1) is 0 Å². The highest BCUT2D eigenvalue weighted by Crippen LogP contribution is 2.43. The first kappa shape index (κ1) is 44.9. The molecule has 0 N–H and O–H groups in total. The Hall–Kier alpha value is -5.66. The van der Waals surface area contributed by atoms with Gasteiger partial charge in [0.1, 0.15) is 23.0 Å². The van der Waals surface area contributed by atoms with Crippen LogP contribution in [-0.4, -0.2) is 24.4 Å². The van der Waals surface area contributed by atoms with Gasteiger partial charge in [0.05, 0.1) is 24.4 Å². The summed E-state index contributed by atoms with van der Waals surface area (Å²) in [6.45, 7) is 16.9. The molecule has 0 amide bonds. The highest BCUT2D eigenvalue weighted by Gasteiger charge is 2.43. The van der Waals surface area contributed by atoms with Gasteiger partial charge in [0.15, 0.2) is 23.1 Å². The highest BCUT2D eigenvalue weighted by molar-refractivity contribution is 5.40. The van der Waals surface area contributed by atoms with E-state index in [1.807, 2.05) is 125 Å². The fraction of sp³-hybridized carbons (Fsp3) is 0.333. The van der Waals surface area contributed by atoms with Crippen LogP contribution >= 0.6 is 0 Å². The fourth-order valence-corrected chi connectivity index (χ4v) is 7.82. The third-order valence-corrected chi connectivity index (χ3v) is 11.8. The maximum Gasteiger partial charge on any atom is 0.165 e. The second kappa shape index (κ2) is 20.3. The lowest BCUT2D eigenvalue weighted by molar-refractivity contribution is -0.0840. The van der Waals surface area contributed by atoms with Crippen molar-refractivity contribution >= 4 is 0 Å². The predicted octanol–water partition coefficient (Wildman–Crippen LogP) is 14.4. The summed E-state index contributed by atoms with van der Waals surface area (Å²) >= 11 is 0. The van der Waals surface area contributed by atoms with Crippen LogP contribution in [0.15, 0.2) is 146 Å². The fourth-order valence-electron chi connectivity index (χ4n) is 7.82. The van der Waals surface area contributed by atoms with Crippen molar-refractivity contribution in [1.82, 2.24) is 0 Å². The second-order valence-corrected chi connectivity index (χ2v) is 16.8. The van der Waals surface area contributed by atoms with Gasteiger partial charge in [0.25, 0.3) is 0 Å². The molecular weight excluding hydrogens is 767 g/mol. The smallest absolute Gasteiger partial charge is 0.165 e. The van der Waals surface area contributed by atoms with Crippen molar-refractivity contribution < 1.29 is 32.5 Å². The van der Waals surface area contributed by atoms with E-state index in [2.05, 4.69) is 52.0 Å². The summed E-state index contributed by atoms with van der Waals surface area (Å²) < 4.78 is 62.8. The van der Waals surface area contributed by atoms with Gasteiger partial charge in [0, 0.05) is 10.8 Å². The van der Waals surface area contributed by atoms with Crippen molar-refractivity contribution in [3.8, 4) is 34.5 Å². The summed E-state index contributed by atoms with van der Waals surface area (Å²) in [4.78, 5) is 0. The van der Waals surface area contributed by atoms with Crippen LogP contribution in [0.4, 0.5) is 8.78 Å². The van der Waals surface area contributed by atoms with Crippen LogP contribution in [0.3, 0.4) is 0 Å². The monoisotopic (exact) mass is 826 g/mol. The molecule has 0 bridgehead atoms. The molecule has 320 valence electrons. The first-order valence-electron chi connectivity index (χ1n) is 21.5. The van der Waals surface area contributed by atoms with Crippen molar-refractivity contribution in [2.75, 3.05) is 0 Å². The molecule has 0 heterocycles. The Morgan fingerprint density at radius 2 is 0.820 bits per heavy atom. The molecule has 0 spiro atoms. The predicted molar refractivity (Wildman–Crippen MR) is 242 cm³/mol. The average Bonchev–Trinajstić information content (AvgIpc) is 3.25. The van der Waals surface area contributed by atoms with Crippen LogP contribution in [0.1, 0.15) is 90.5 Å². The standard InChI is InChI=1S/C54H60F2O5/c1-9-53(7,41-23-27-45(28-24-41)57-37(3)4)51(35-39-21-31-47(55)49(33-39)59-43-17-13-11-14-18-43)61-52(54(8,10-2)42-25-29-46(30-26-42)58-38(5)6)36-40-22-32-48(56)50(34-40)60-44-19-15-12-16-20-44/h11-34,37-38,51-52H,9-10,35-36H2,1-8H3. The molecule has 0 saturated carbocycles. The molecule has 4 unspecified atom stereocenters. The zero-order valence-electron chi connectivity index (χ0n) is 36.8. The Morgan fingerprint density at radius 1 is 0.459 bits per heavy atom. The summed E-state index contributed by atoms with van der Waals surface area (Å²) in [6, 6.07) is 45.2. The van der Waals surface area contributed by atoms with Gasteiger partial charge < -0.3 is 23.7 Å². The minimum atomic E-state index is -0.530. The molecule has 0 aliphatic heterocycles. The van der Waals surface area contributed by atoms with Crippen LogP contribution in [0, 0.1) is 11.6 Å². The van der Waals surface area contributed by atoms with Crippen LogP contribution in [0.25, 0.3) is 0 Å². The molecule has 0 radical (unpaired) electrons. The van der Waals surface area contributed by atoms with Gasteiger partial charge in [-0.3, -0.25) is 0 Å². The van der Waals surface area contributed by atoms with E-state index in [0.29, 0.717) is 24.3 Å². The Kier molecular flexibility index (Phi) is 14.9. The first-order valence-corrected chi connectivity index (χ1v) is 21.5. The molecule has 6 aromatic rings. The molecular formula is C54H60F2O5. The van der Waals surface area contributed by atoms with Gasteiger partial charge in [-0.1, -0.05) is 100 Å². The Labute approximate surface area is 361 Å². The molecule has 5 nitrogen and oxygen atoms in total. The van der Waals surface area contributed by atoms with Gasteiger partial charge in [0.2, 0.25) is 0 Å². The average molecular weight is 827 g/mol. The highest BCUT2D eigenvalue weighted by atomic mass is 19.1. The molecule has 0 aliphatic rings. The number of hydrogen-bond donors (Lipinski definition) is 0. The van der Waals surface area contributed by atoms with E-state index in [9.17, 15) is 0 Å². The lowest BCUT2D eigenvalue weighted by atomic mass is 9.71. The lowest BCUT2D eigenvalue weighted by Gasteiger charge is -2.45. The maximum atomic E-state index is 15.4. The normalized spacial score (nSPS) is 14.5. The molecule has 0 saturated heterocycles. The van der Waals surface area contributed by atoms with Gasteiger partial charge in [-0.05, 0) is 148 Å². The Balaban J connectivity index is 1.46. The van der Waals surface area contributed by atoms with Crippen LogP contribution in [0.5, 0.6) is 34.5 Å². The summed E-state index contributed by atoms with van der Waals surface area (Å²) in [7, 11) is 0. The van der Waals surface area contributed by atoms with E-state index >= 15 is 8.78 Å². The summed E-state index contributed by atoms with van der Waals surface area (Å²) in [6.07, 6.45) is 1.58. The zero-order chi connectivity index (χ0) is 43.6. The quantitative estimate of drug-likeness (QED) is 0.0767. The zero-order valence-corrected chi connectivity index (χ0v) is 36.8. The van der Waals surface area contributed by atoms with Gasteiger partial charge in [-0.25, -0.2) is 8.78 Å². The summed E-state index contributed by atoms with van der Waals surface area (Å²) in [5, 5.41) is 0. The summed E-state index contributed by atoms with van der Waals surface area (Å²) in [5.41, 5.74) is 2.85. The molecule has 0 aromatic heterocycles. The molecule has 6 aromatic carbocycles. The minimum Gasteiger partial charge on any atom is -0.491 e. The van der Waals surface area contributed by atoms with Gasteiger partial charge >= 0.3 is 0 Å². The number of ether oxygens (including phenoxy) is 5. The third kappa shape index (κ3) is 11.4. The van der Waals surface area contributed by atoms with Crippen LogP contribution in [-0.2, 0) is 28.4 Å². The molecule has 0 aliphatic carbocycles. The Bertz CT molecular complexity index is 2120. The molecule has 7 heteroatoms. The maximum absolute atomic E-state index is 15.4. The number of para-hydroxylation sites is 2. The number of benzene rings is 6. The van der Waals surface area contributed by atoms with E-state index in [1.165, 1.54) is 12.1 Å². The van der Waals surface area contributed by atoms with Crippen molar-refractivity contribution in [2.45, 2.75) is 116 Å². The number of hydrogen-bond acceptors (Lipinski definition) is 5. The van der Waals surface area contributed by atoms with Crippen LogP contribution in [0.2, 0.25) is 0 Å². The van der Waals surface area contributed by atoms with Crippen molar-refractivity contribution in [3.63, 3.8) is 0 Å². The van der Waals surface area contributed by atoms with E-state index < -0.39 is 34.7 Å². The van der Waals surface area contributed by atoms with Crippen molar-refractivity contribution in [3.05, 3.63) is 179 Å². The van der Waals surface area contributed by atoms with Crippen molar-refractivity contribution in [2.24, 2.45) is 0 Å². The number of halogens is 2. The summed E-state index contributed by atoms with van der Waals surface area (Å²) in [5.74, 6) is 2.08. The minimum absolute atomic E-state index is 0.0359. The van der Waals surface area contributed by atoms with E-state index in [0.717, 1.165) is 46.6 Å². The largest absolute Gasteiger partial charge is 0.491 e. The first-order chi connectivity index (χ1) is 29.3. The topological polar surface area (TPSA) is 46.2 Å². The SMILES string of the molecule is CCC(C)(c1ccc(OC(C)C)cc1)C(Cc1ccc(F)c(Oc2ccccc2)c1)OC(Cc1ccc(F)c(Oc2ccccc2)c1)C(C)(CC)c1ccc(OC(C)C)cc1. The molecule has 4 atom stereocenters. The van der Waals surface area contributed by atoms with E-state index in [-0.39, 0.29) is 23.7 Å². The number of rotatable bonds is 20. The second-order valence-electron chi connectivity index (χ2n) is 16.8. The van der Waals surface area contributed by atoms with Crippen molar-refractivity contribution in [1.29, 1.82) is 0 Å². The van der Waals surface area contributed by atoms with Gasteiger partial charge in [-0.2, -0.15) is 0 Å². The van der Waals surface area contributed by atoms with E-state index in [1.54, 1.807) is 12.1 Å². The lowest BCUT2D eigenvalue weighted by Crippen LogP contribution is -2.48. The molecule has 61 heavy (non-hydrogen) atoms. The molecule has 0 fully saturated rings. The van der Waals surface area contributed by atoms with Crippen LogP contribution < -0.4 is 18.9 Å². The Morgan fingerprint density at radius 3 is 1.15 bits per heavy atom. The van der Waals surface area contributed by atoms with E-state index in [4.69, 9.17) is 23.7 Å². The third-order valence-electron chi connectivity index (χ3n) is 11.8. The molecule has 6 rings (SSSR count).